The van der Waals surface area contributed by atoms with Crippen molar-refractivity contribution in [3.63, 3.8) is 0 Å². The highest BCUT2D eigenvalue weighted by Crippen LogP contribution is 2.59. The van der Waals surface area contributed by atoms with Gasteiger partial charge >= 0.3 is 0 Å². The third kappa shape index (κ3) is 13.1. The van der Waals surface area contributed by atoms with Gasteiger partial charge in [-0.3, -0.25) is 0 Å². The van der Waals surface area contributed by atoms with E-state index in [1.807, 2.05) is 6.07 Å². The van der Waals surface area contributed by atoms with Crippen molar-refractivity contribution in [3.8, 4) is 55.6 Å². The molecule has 0 heteroatoms. The third-order valence-corrected chi connectivity index (χ3v) is 19.8. The minimum absolute atomic E-state index is 0.431. The fourth-order valence-corrected chi connectivity index (χ4v) is 14.6. The molecule has 16 rings (SSSR count). The average Bonchev–Trinajstić information content (AvgIpc) is 1.50. The molecule has 0 N–H and O–H groups in total. The molecule has 0 spiro atoms. The summed E-state index contributed by atoms with van der Waals surface area (Å²) >= 11 is 0. The number of benzene rings is 14. The molecule has 14 aromatic rings. The molecular formula is C96H86. The van der Waals surface area contributed by atoms with Crippen molar-refractivity contribution in [2.45, 2.75) is 92.9 Å². The lowest BCUT2D eigenvalue weighted by Crippen LogP contribution is -2.29. The maximum atomic E-state index is 2.47. The van der Waals surface area contributed by atoms with E-state index in [1.54, 1.807) is 0 Å². The van der Waals surface area contributed by atoms with Crippen molar-refractivity contribution in [1.82, 2.24) is 0 Å². The Balaban J connectivity index is 0.000000127. The van der Waals surface area contributed by atoms with E-state index in [2.05, 4.69) is 372 Å². The van der Waals surface area contributed by atoms with Gasteiger partial charge in [0.1, 0.15) is 0 Å². The molecule has 0 heterocycles. The topological polar surface area (TPSA) is 0 Å². The predicted octanol–water partition coefficient (Wildman–Crippen LogP) is 26.5. The Morgan fingerprint density at radius 3 is 1.49 bits per heavy atom. The summed E-state index contributed by atoms with van der Waals surface area (Å²) in [4.78, 5) is 0. The van der Waals surface area contributed by atoms with Gasteiger partial charge in [-0.15, -0.1) is 0 Å². The van der Waals surface area contributed by atoms with Crippen LogP contribution in [-0.2, 0) is 11.8 Å². The van der Waals surface area contributed by atoms with Gasteiger partial charge in [0.2, 0.25) is 0 Å². The van der Waals surface area contributed by atoms with Crippen LogP contribution in [0.1, 0.15) is 112 Å². The molecule has 0 saturated heterocycles. The second kappa shape index (κ2) is 28.5. The monoisotopic (exact) mass is 1240 g/mol. The fourth-order valence-electron chi connectivity index (χ4n) is 14.6. The first-order chi connectivity index (χ1) is 46.9. The highest BCUT2D eigenvalue weighted by molar-refractivity contribution is 6.06. The van der Waals surface area contributed by atoms with Crippen LogP contribution in [0.2, 0.25) is 0 Å². The Hall–Kier alpha value is -10.7. The lowest BCUT2D eigenvalue weighted by atomic mass is 9.66. The van der Waals surface area contributed by atoms with Gasteiger partial charge in [-0.25, -0.2) is 0 Å². The van der Waals surface area contributed by atoms with E-state index in [-0.39, 0.29) is 0 Å². The van der Waals surface area contributed by atoms with Crippen LogP contribution in [0.25, 0.3) is 93.5 Å². The van der Waals surface area contributed by atoms with Crippen LogP contribution in [0.3, 0.4) is 0 Å². The molecule has 0 atom stereocenters. The Labute approximate surface area is 570 Å². The second-order valence-electron chi connectivity index (χ2n) is 26.6. The second-order valence-corrected chi connectivity index (χ2v) is 26.6. The third-order valence-electron chi connectivity index (χ3n) is 19.8. The molecule has 470 valence electrons. The van der Waals surface area contributed by atoms with Crippen molar-refractivity contribution in [3.05, 3.63) is 388 Å². The number of allylic oxidation sites excluding steroid dienone is 4. The van der Waals surface area contributed by atoms with Crippen LogP contribution >= 0.6 is 0 Å². The van der Waals surface area contributed by atoms with Crippen molar-refractivity contribution in [2.75, 3.05) is 0 Å². The zero-order valence-electron chi connectivity index (χ0n) is 57.2. The zero-order valence-corrected chi connectivity index (χ0v) is 57.2. The van der Waals surface area contributed by atoms with Crippen molar-refractivity contribution in [1.29, 1.82) is 0 Å². The maximum Gasteiger partial charge on any atom is 0.0714 e. The predicted molar refractivity (Wildman–Crippen MR) is 416 cm³/mol. The van der Waals surface area contributed by atoms with E-state index >= 15 is 0 Å². The van der Waals surface area contributed by atoms with E-state index in [9.17, 15) is 0 Å². The van der Waals surface area contributed by atoms with Crippen molar-refractivity contribution < 1.29 is 0 Å². The average molecular weight is 1240 g/mol. The Morgan fingerprint density at radius 1 is 0.333 bits per heavy atom. The first kappa shape index (κ1) is 64.1. The zero-order chi connectivity index (χ0) is 66.3. The van der Waals surface area contributed by atoms with Crippen LogP contribution in [0.5, 0.6) is 0 Å². The Morgan fingerprint density at radius 2 is 0.865 bits per heavy atom. The minimum Gasteiger partial charge on any atom is -0.0836 e. The number of fused-ring (bicyclic) bond motifs is 7. The number of hydrogen-bond acceptors (Lipinski definition) is 0. The summed E-state index contributed by atoms with van der Waals surface area (Å²) < 4.78 is 0. The molecule has 0 aliphatic heterocycles. The molecule has 0 fully saturated rings. The lowest BCUT2D eigenvalue weighted by Gasteiger charge is -2.35. The van der Waals surface area contributed by atoms with E-state index < -0.39 is 5.41 Å². The van der Waals surface area contributed by atoms with Crippen LogP contribution in [-0.4, -0.2) is 0 Å². The van der Waals surface area contributed by atoms with Gasteiger partial charge in [0.05, 0.1) is 5.41 Å². The molecule has 0 saturated carbocycles. The standard InChI is InChI=1S/C39H28.C28H28.C16H18.C13H12/c1-25-15-20-35-36(21-25)39(31-18-16-27-9-3-5-11-29(27)23-31,32-19-17-28-10-4-6-12-30(28)24-32)37-22-26(2)33-13-7-8-14-34(33)38(35)37;1-20(2)26-17-16-25(23-12-8-5-9-13-23)19-28(26)27-18-24(15-14-21(27)3)22-10-6-4-7-11-22;1-4-14-9-10-16(13(3)11-14)15-8-6-5-7-12(15)2;1-11-7-9-13(10-8-11)12-5-3-2-4-6-12/h3-24H,1-2H3;4,6-8,10-20H,5,9H2,1-3H3;5-11H,4H2,1-3H3;2-10H,1H3. The van der Waals surface area contributed by atoms with E-state index in [4.69, 9.17) is 0 Å². The molecule has 0 radical (unpaired) electrons. The number of rotatable bonds is 9. The van der Waals surface area contributed by atoms with Crippen LogP contribution < -0.4 is 0 Å². The maximum absolute atomic E-state index is 2.47. The summed E-state index contributed by atoms with van der Waals surface area (Å²) in [5.41, 5.74) is 31.6. The summed E-state index contributed by atoms with van der Waals surface area (Å²) in [6.07, 6.45) is 10.3. The molecule has 14 aromatic carbocycles. The summed E-state index contributed by atoms with van der Waals surface area (Å²) in [6, 6.07) is 109. The highest BCUT2D eigenvalue weighted by Gasteiger charge is 2.47. The van der Waals surface area contributed by atoms with Gasteiger partial charge in [0.15, 0.2) is 0 Å². The van der Waals surface area contributed by atoms with Crippen molar-refractivity contribution >= 4 is 37.9 Å². The SMILES string of the molecule is CCc1ccc(-c2ccccc2C)c(C)c1.Cc1ccc(-c2ccccc2)cc1.Cc1ccc(-c2ccccc2)cc1-c1cc(C2=CCCC=C2)ccc1C(C)C.Cc1ccc2c(c1)C(c1ccc3ccccc3c1)(c1ccc3ccccc3c1)c1cc(C)c3ccccc3c1-2. The molecule has 0 aromatic heterocycles. The van der Waals surface area contributed by atoms with Gasteiger partial charge in [-0.1, -0.05) is 323 Å². The molecule has 0 nitrogen and oxygen atoms in total. The first-order valence-electron chi connectivity index (χ1n) is 34.4. The van der Waals surface area contributed by atoms with Crippen LogP contribution in [0.4, 0.5) is 0 Å². The minimum atomic E-state index is -0.431. The fraction of sp³-hybridized carbons (Fsp3) is 0.146. The first-order valence-corrected chi connectivity index (χ1v) is 34.4. The molecule has 0 amide bonds. The summed E-state index contributed by atoms with van der Waals surface area (Å²) in [6.45, 7) is 19.9. The Kier molecular flexibility index (Phi) is 19.0. The van der Waals surface area contributed by atoms with Gasteiger partial charge in [0.25, 0.3) is 0 Å². The normalized spacial score (nSPS) is 12.6. The molecule has 96 heavy (non-hydrogen) atoms. The molecule has 0 unspecified atom stereocenters. The Bertz CT molecular complexity index is 5090. The van der Waals surface area contributed by atoms with Gasteiger partial charge in [0, 0.05) is 0 Å². The van der Waals surface area contributed by atoms with E-state index in [0.29, 0.717) is 5.92 Å². The van der Waals surface area contributed by atoms with Crippen molar-refractivity contribution in [2.24, 2.45) is 0 Å². The summed E-state index contributed by atoms with van der Waals surface area (Å²) in [7, 11) is 0. The highest BCUT2D eigenvalue weighted by atomic mass is 14.5. The number of aryl methyl sites for hydroxylation is 7. The summed E-state index contributed by atoms with van der Waals surface area (Å²) in [5.74, 6) is 0.486. The van der Waals surface area contributed by atoms with Gasteiger partial charge in [-0.2, -0.15) is 0 Å². The number of hydrogen-bond donors (Lipinski definition) is 0. The van der Waals surface area contributed by atoms with Crippen LogP contribution in [0.15, 0.2) is 315 Å². The van der Waals surface area contributed by atoms with Crippen LogP contribution in [0, 0.1) is 41.5 Å². The van der Waals surface area contributed by atoms with Gasteiger partial charge in [-0.05, 0) is 246 Å². The largest absolute Gasteiger partial charge is 0.0836 e. The van der Waals surface area contributed by atoms with Gasteiger partial charge < -0.3 is 0 Å². The van der Waals surface area contributed by atoms with E-state index in [0.717, 1.165) is 19.3 Å². The molecule has 0 bridgehead atoms. The molecule has 2 aliphatic rings. The smallest absolute Gasteiger partial charge is 0.0714 e. The van der Waals surface area contributed by atoms with E-state index in [1.165, 1.54) is 166 Å². The lowest BCUT2D eigenvalue weighted by molar-refractivity contribution is 0.770. The summed E-state index contributed by atoms with van der Waals surface area (Å²) in [5, 5.41) is 7.75. The molecule has 2 aliphatic carbocycles. The quantitative estimate of drug-likeness (QED) is 0.135. The molecular weight excluding hydrogens is 1150 g/mol.